The Morgan fingerprint density at radius 1 is 1.18 bits per heavy atom. The molecule has 4 aromatic rings. The van der Waals surface area contributed by atoms with Crippen molar-refractivity contribution in [2.24, 2.45) is 10.2 Å². The summed E-state index contributed by atoms with van der Waals surface area (Å²) in [6, 6.07) is 9.06. The van der Waals surface area contributed by atoms with Crippen LogP contribution >= 0.6 is 15.9 Å². The first-order valence-electron chi connectivity index (χ1n) is 6.35. The van der Waals surface area contributed by atoms with Gasteiger partial charge in [-0.1, -0.05) is 21.0 Å². The molecule has 0 bridgehead atoms. The Morgan fingerprint density at radius 3 is 3.00 bits per heavy atom. The van der Waals surface area contributed by atoms with Crippen LogP contribution in [0.15, 0.2) is 51.4 Å². The standard InChI is InChI=1S/C13H8BrN7O/c14-7-1-2-9-8(5-7)12(13(22)16-9)19-17-10-3-4-11-18-15-6-21(11)20-10/h1-6H,(H2,16,17,18,19,20,22)/p+1. The van der Waals surface area contributed by atoms with Gasteiger partial charge in [-0.3, -0.25) is 0 Å². The fourth-order valence-electron chi connectivity index (χ4n) is 2.15. The zero-order chi connectivity index (χ0) is 15.1. The maximum absolute atomic E-state index is 9.98. The van der Waals surface area contributed by atoms with Crippen molar-refractivity contribution in [3.05, 3.63) is 41.1 Å². The van der Waals surface area contributed by atoms with Gasteiger partial charge in [0.2, 0.25) is 18.0 Å². The molecule has 3 heterocycles. The van der Waals surface area contributed by atoms with Crippen LogP contribution in [0.5, 0.6) is 5.88 Å². The fourth-order valence-corrected chi connectivity index (χ4v) is 2.51. The summed E-state index contributed by atoms with van der Waals surface area (Å²) in [5.74, 6) is 0.372. The molecule has 3 N–H and O–H groups in total. The van der Waals surface area contributed by atoms with E-state index in [4.69, 9.17) is 0 Å². The Labute approximate surface area is 131 Å². The number of aromatic nitrogens is 5. The van der Waals surface area contributed by atoms with Gasteiger partial charge in [-0.2, -0.15) is 0 Å². The van der Waals surface area contributed by atoms with Crippen LogP contribution in [0.3, 0.4) is 0 Å². The Morgan fingerprint density at radius 2 is 2.09 bits per heavy atom. The van der Waals surface area contributed by atoms with Crippen LogP contribution in [0.25, 0.3) is 16.6 Å². The number of H-pyrrole nitrogens is 2. The highest BCUT2D eigenvalue weighted by molar-refractivity contribution is 9.10. The molecule has 0 aliphatic heterocycles. The minimum atomic E-state index is -0.0334. The number of benzene rings is 1. The number of nitrogens with one attached hydrogen (secondary N) is 2. The Balaban J connectivity index is 1.78. The maximum Gasteiger partial charge on any atom is 0.325 e. The summed E-state index contributed by atoms with van der Waals surface area (Å²) in [7, 11) is 0. The van der Waals surface area contributed by atoms with E-state index in [9.17, 15) is 5.11 Å². The SMILES string of the molecule is Oc1[nH]c2ccc(Br)cc2c1N=Nc1ccc2n[nH]c[n+]2n1. The van der Waals surface area contributed by atoms with Crippen molar-refractivity contribution in [1.29, 1.82) is 0 Å². The number of hydrogen-bond acceptors (Lipinski definition) is 5. The predicted molar refractivity (Wildman–Crippen MR) is 81.4 cm³/mol. The van der Waals surface area contributed by atoms with Crippen LogP contribution in [0.1, 0.15) is 0 Å². The second-order valence-electron chi connectivity index (χ2n) is 4.58. The maximum atomic E-state index is 9.98. The average molecular weight is 359 g/mol. The normalized spacial score (nSPS) is 11.9. The molecule has 0 fully saturated rings. The molecule has 0 unspecified atom stereocenters. The van der Waals surface area contributed by atoms with E-state index in [1.54, 1.807) is 23.0 Å². The quantitative estimate of drug-likeness (QED) is 0.378. The van der Waals surface area contributed by atoms with Crippen LogP contribution in [0, 0.1) is 0 Å². The molecule has 9 heteroatoms. The number of aromatic amines is 2. The molecule has 1 aromatic carbocycles. The molecule has 0 aliphatic carbocycles. The van der Waals surface area contributed by atoms with Gasteiger partial charge in [0.25, 0.3) is 0 Å². The second kappa shape index (κ2) is 4.88. The number of rotatable bonds is 2. The van der Waals surface area contributed by atoms with Gasteiger partial charge in [0.05, 0.1) is 5.52 Å². The van der Waals surface area contributed by atoms with Crippen LogP contribution in [0.4, 0.5) is 11.5 Å². The highest BCUT2D eigenvalue weighted by atomic mass is 79.9. The van der Waals surface area contributed by atoms with Gasteiger partial charge in [0.1, 0.15) is 0 Å². The summed E-state index contributed by atoms with van der Waals surface area (Å²) in [4.78, 5) is 2.86. The molecule has 108 valence electrons. The topological polar surface area (TPSA) is 106 Å². The zero-order valence-electron chi connectivity index (χ0n) is 11.0. The van der Waals surface area contributed by atoms with Gasteiger partial charge in [0, 0.05) is 21.0 Å². The van der Waals surface area contributed by atoms with Crippen molar-refractivity contribution in [3.8, 4) is 5.88 Å². The van der Waals surface area contributed by atoms with E-state index in [-0.39, 0.29) is 5.88 Å². The van der Waals surface area contributed by atoms with Crippen molar-refractivity contribution >= 4 is 44.0 Å². The first kappa shape index (κ1) is 12.9. The lowest BCUT2D eigenvalue weighted by Crippen LogP contribution is -2.22. The van der Waals surface area contributed by atoms with Crippen molar-refractivity contribution in [2.75, 3.05) is 0 Å². The van der Waals surface area contributed by atoms with E-state index in [1.165, 1.54) is 0 Å². The van der Waals surface area contributed by atoms with Gasteiger partial charge in [-0.25, -0.2) is 0 Å². The molecular weight excluding hydrogens is 350 g/mol. The molecule has 3 aromatic heterocycles. The summed E-state index contributed by atoms with van der Waals surface area (Å²) >= 11 is 3.40. The number of hydrogen-bond donors (Lipinski definition) is 3. The van der Waals surface area contributed by atoms with Crippen LogP contribution < -0.4 is 4.52 Å². The molecule has 0 spiro atoms. The minimum Gasteiger partial charge on any atom is -0.493 e. The van der Waals surface area contributed by atoms with Gasteiger partial charge in [0.15, 0.2) is 5.69 Å². The summed E-state index contributed by atoms with van der Waals surface area (Å²) < 4.78 is 2.45. The first-order chi connectivity index (χ1) is 10.7. The molecule has 0 atom stereocenters. The smallest absolute Gasteiger partial charge is 0.325 e. The van der Waals surface area contributed by atoms with Crippen molar-refractivity contribution in [2.45, 2.75) is 0 Å². The molecule has 4 rings (SSSR count). The first-order valence-corrected chi connectivity index (χ1v) is 7.14. The molecular formula is C13H9BrN7O+. The third-order valence-corrected chi connectivity index (χ3v) is 3.65. The monoisotopic (exact) mass is 358 g/mol. The lowest BCUT2D eigenvalue weighted by atomic mass is 10.2. The van der Waals surface area contributed by atoms with E-state index in [2.05, 4.69) is 46.4 Å². The van der Waals surface area contributed by atoms with E-state index >= 15 is 0 Å². The summed E-state index contributed by atoms with van der Waals surface area (Å²) in [6.07, 6.45) is 1.61. The van der Waals surface area contributed by atoms with Gasteiger partial charge in [-0.05, 0) is 24.3 Å². The highest BCUT2D eigenvalue weighted by Crippen LogP contribution is 2.37. The van der Waals surface area contributed by atoms with Gasteiger partial charge < -0.3 is 10.1 Å². The Hall–Kier alpha value is -2.81. The van der Waals surface area contributed by atoms with Gasteiger partial charge in [-0.15, -0.1) is 19.8 Å². The second-order valence-corrected chi connectivity index (χ2v) is 5.49. The average Bonchev–Trinajstić information content (AvgIpc) is 3.08. The third kappa shape index (κ3) is 2.11. The third-order valence-electron chi connectivity index (χ3n) is 3.15. The zero-order valence-corrected chi connectivity index (χ0v) is 12.6. The molecule has 0 aliphatic rings. The van der Waals surface area contributed by atoms with Crippen molar-refractivity contribution in [3.63, 3.8) is 0 Å². The van der Waals surface area contributed by atoms with Crippen LogP contribution in [0.2, 0.25) is 0 Å². The van der Waals surface area contributed by atoms with E-state index < -0.39 is 0 Å². The van der Waals surface area contributed by atoms with Crippen LogP contribution in [-0.4, -0.2) is 25.4 Å². The predicted octanol–water partition coefficient (Wildman–Crippen LogP) is 2.91. The molecule has 0 radical (unpaired) electrons. The van der Waals surface area contributed by atoms with E-state index in [0.717, 1.165) is 15.4 Å². The summed E-state index contributed by atoms with van der Waals surface area (Å²) in [5.41, 5.74) is 1.83. The molecule has 0 saturated heterocycles. The lowest BCUT2D eigenvalue weighted by molar-refractivity contribution is -0.579. The largest absolute Gasteiger partial charge is 0.493 e. The number of nitrogens with zero attached hydrogens (tertiary/aromatic N) is 5. The fraction of sp³-hybridized carbons (Fsp3) is 0. The molecule has 22 heavy (non-hydrogen) atoms. The van der Waals surface area contributed by atoms with Crippen molar-refractivity contribution in [1.82, 2.24) is 20.3 Å². The summed E-state index contributed by atoms with van der Waals surface area (Å²) in [5, 5.41) is 29.8. The van der Waals surface area contributed by atoms with Crippen molar-refractivity contribution < 1.29 is 9.62 Å². The van der Waals surface area contributed by atoms with E-state index in [0.29, 0.717) is 17.2 Å². The van der Waals surface area contributed by atoms with Gasteiger partial charge >= 0.3 is 5.65 Å². The minimum absolute atomic E-state index is 0.0334. The Bertz CT molecular complexity index is 1020. The number of fused-ring (bicyclic) bond motifs is 2. The lowest BCUT2D eigenvalue weighted by Gasteiger charge is -1.93. The highest BCUT2D eigenvalue weighted by Gasteiger charge is 2.11. The Kier molecular flexibility index (Phi) is 2.86. The number of halogens is 1. The summed E-state index contributed by atoms with van der Waals surface area (Å²) in [6.45, 7) is 0. The number of aromatic hydroxyl groups is 1. The molecule has 0 amide bonds. The molecule has 8 nitrogen and oxygen atoms in total. The molecule has 0 saturated carbocycles. The van der Waals surface area contributed by atoms with Crippen LogP contribution in [-0.2, 0) is 0 Å². The van der Waals surface area contributed by atoms with E-state index in [1.807, 2.05) is 18.2 Å². The number of azo groups is 1.